The van der Waals surface area contributed by atoms with Crippen LogP contribution >= 0.6 is 0 Å². The van der Waals surface area contributed by atoms with Gasteiger partial charge in [0.1, 0.15) is 28.9 Å². The van der Waals surface area contributed by atoms with Gasteiger partial charge in [-0.2, -0.15) is 0 Å². The monoisotopic (exact) mass is 355 g/mol. The number of amides is 1. The van der Waals surface area contributed by atoms with Crippen LogP contribution in [0.5, 0.6) is 17.2 Å². The lowest BCUT2D eigenvalue weighted by molar-refractivity contribution is -0.139. The molecule has 0 aliphatic heterocycles. The van der Waals surface area contributed by atoms with Gasteiger partial charge in [0.25, 0.3) is 0 Å². The zero-order valence-electron chi connectivity index (χ0n) is 15.3. The van der Waals surface area contributed by atoms with Crippen molar-refractivity contribution in [2.24, 2.45) is 0 Å². The molecule has 1 amide bonds. The molecule has 0 aromatic heterocycles. The SMILES string of the molecule is COc1cc(OC)c(C[C@@H](NC(=O)OC(C)(C)C)C(=O)O)c(OC)c1. The molecule has 0 fully saturated rings. The third-order valence-corrected chi connectivity index (χ3v) is 3.21. The minimum absolute atomic E-state index is 0.0507. The Labute approximate surface area is 147 Å². The first-order valence-electron chi connectivity index (χ1n) is 7.62. The fourth-order valence-electron chi connectivity index (χ4n) is 2.13. The molecule has 0 aliphatic rings. The molecule has 0 unspecified atom stereocenters. The molecule has 2 N–H and O–H groups in total. The molecule has 1 atom stereocenters. The average molecular weight is 355 g/mol. The van der Waals surface area contributed by atoms with Gasteiger partial charge >= 0.3 is 12.1 Å². The normalized spacial score (nSPS) is 12.1. The summed E-state index contributed by atoms with van der Waals surface area (Å²) in [4.78, 5) is 23.4. The summed E-state index contributed by atoms with van der Waals surface area (Å²) in [5, 5.41) is 11.8. The van der Waals surface area contributed by atoms with E-state index in [1.165, 1.54) is 21.3 Å². The molecule has 0 heterocycles. The van der Waals surface area contributed by atoms with Crippen LogP contribution in [0.3, 0.4) is 0 Å². The van der Waals surface area contributed by atoms with Crippen molar-refractivity contribution in [1.29, 1.82) is 0 Å². The van der Waals surface area contributed by atoms with Gasteiger partial charge in [0, 0.05) is 24.1 Å². The summed E-state index contributed by atoms with van der Waals surface area (Å²) >= 11 is 0. The number of carbonyl (C=O) groups excluding carboxylic acids is 1. The van der Waals surface area contributed by atoms with Gasteiger partial charge in [-0.15, -0.1) is 0 Å². The van der Waals surface area contributed by atoms with Crippen LogP contribution in [-0.2, 0) is 16.0 Å². The molecule has 0 bridgehead atoms. The Kier molecular flexibility index (Phi) is 6.90. The second-order valence-corrected chi connectivity index (χ2v) is 6.25. The van der Waals surface area contributed by atoms with Crippen LogP contribution in [0, 0.1) is 0 Å². The molecule has 0 aliphatic carbocycles. The lowest BCUT2D eigenvalue weighted by Gasteiger charge is -2.23. The van der Waals surface area contributed by atoms with Gasteiger partial charge in [-0.25, -0.2) is 9.59 Å². The van der Waals surface area contributed by atoms with Crippen molar-refractivity contribution < 1.29 is 33.6 Å². The number of methoxy groups -OCH3 is 3. The summed E-state index contributed by atoms with van der Waals surface area (Å²) in [6, 6.07) is 2.01. The first-order valence-corrected chi connectivity index (χ1v) is 7.62. The van der Waals surface area contributed by atoms with E-state index in [4.69, 9.17) is 18.9 Å². The Hall–Kier alpha value is -2.64. The number of carboxylic acid groups (broad SMARTS) is 1. The lowest BCUT2D eigenvalue weighted by atomic mass is 10.0. The van der Waals surface area contributed by atoms with Gasteiger partial charge in [0.15, 0.2) is 0 Å². The van der Waals surface area contributed by atoms with Crippen LogP contribution in [0.2, 0.25) is 0 Å². The lowest BCUT2D eigenvalue weighted by Crippen LogP contribution is -2.44. The Morgan fingerprint density at radius 1 is 1.08 bits per heavy atom. The first kappa shape index (κ1) is 20.4. The Morgan fingerprint density at radius 2 is 1.60 bits per heavy atom. The maximum absolute atomic E-state index is 11.9. The number of ether oxygens (including phenoxy) is 4. The second kappa shape index (κ2) is 8.46. The number of hydrogen-bond donors (Lipinski definition) is 2. The number of rotatable bonds is 7. The smallest absolute Gasteiger partial charge is 0.408 e. The first-order chi connectivity index (χ1) is 11.6. The highest BCUT2D eigenvalue weighted by molar-refractivity contribution is 5.80. The standard InChI is InChI=1S/C17H25NO7/c1-17(2,3)25-16(21)18-12(15(19)20)9-11-13(23-5)7-10(22-4)8-14(11)24-6/h7-8,12H,9H2,1-6H3,(H,18,21)(H,19,20)/t12-/m1/s1. The minimum atomic E-state index is -1.22. The zero-order chi connectivity index (χ0) is 19.2. The average Bonchev–Trinajstić information content (AvgIpc) is 2.51. The number of carbonyl (C=O) groups is 2. The van der Waals surface area contributed by atoms with E-state index < -0.39 is 23.7 Å². The minimum Gasteiger partial charge on any atom is -0.496 e. The Balaban J connectivity index is 3.09. The van der Waals surface area contributed by atoms with Crippen molar-refractivity contribution in [3.8, 4) is 17.2 Å². The molecule has 0 saturated carbocycles. The zero-order valence-corrected chi connectivity index (χ0v) is 15.3. The van der Waals surface area contributed by atoms with Crippen LogP contribution < -0.4 is 19.5 Å². The van der Waals surface area contributed by atoms with Crippen molar-refractivity contribution >= 4 is 12.1 Å². The van der Waals surface area contributed by atoms with E-state index >= 15 is 0 Å². The number of nitrogens with one attached hydrogen (secondary N) is 1. The van der Waals surface area contributed by atoms with Crippen molar-refractivity contribution in [2.45, 2.75) is 38.8 Å². The fraction of sp³-hybridized carbons (Fsp3) is 0.529. The summed E-state index contributed by atoms with van der Waals surface area (Å²) < 4.78 is 20.9. The predicted molar refractivity (Wildman–Crippen MR) is 90.6 cm³/mol. The van der Waals surface area contributed by atoms with Gasteiger partial charge in [0.2, 0.25) is 0 Å². The fourth-order valence-corrected chi connectivity index (χ4v) is 2.13. The van der Waals surface area contributed by atoms with E-state index in [1.54, 1.807) is 32.9 Å². The molecule has 8 nitrogen and oxygen atoms in total. The summed E-state index contributed by atoms with van der Waals surface area (Å²) in [7, 11) is 4.40. The predicted octanol–water partition coefficient (Wildman–Crippen LogP) is 2.23. The van der Waals surface area contributed by atoms with Gasteiger partial charge in [-0.3, -0.25) is 0 Å². The molecule has 140 valence electrons. The molecular formula is C17H25NO7. The second-order valence-electron chi connectivity index (χ2n) is 6.25. The molecule has 0 saturated heterocycles. The van der Waals surface area contributed by atoms with E-state index in [0.717, 1.165) is 0 Å². The maximum Gasteiger partial charge on any atom is 0.408 e. The van der Waals surface area contributed by atoms with Crippen LogP contribution in [0.4, 0.5) is 4.79 Å². The molecule has 25 heavy (non-hydrogen) atoms. The van der Waals surface area contributed by atoms with E-state index in [1.807, 2.05) is 0 Å². The summed E-state index contributed by atoms with van der Waals surface area (Å²) in [5.41, 5.74) is -0.239. The summed E-state index contributed by atoms with van der Waals surface area (Å²) in [5.74, 6) is 0.0945. The summed E-state index contributed by atoms with van der Waals surface area (Å²) in [6.07, 6.45) is -0.864. The van der Waals surface area contributed by atoms with Crippen molar-refractivity contribution in [2.75, 3.05) is 21.3 Å². The van der Waals surface area contributed by atoms with Gasteiger partial charge in [-0.05, 0) is 20.8 Å². The topological polar surface area (TPSA) is 103 Å². The third-order valence-electron chi connectivity index (χ3n) is 3.21. The van der Waals surface area contributed by atoms with Crippen LogP contribution in [0.25, 0.3) is 0 Å². The molecule has 8 heteroatoms. The molecule has 0 radical (unpaired) electrons. The van der Waals surface area contributed by atoms with E-state index in [0.29, 0.717) is 22.8 Å². The van der Waals surface area contributed by atoms with E-state index in [-0.39, 0.29) is 6.42 Å². The van der Waals surface area contributed by atoms with E-state index in [9.17, 15) is 14.7 Å². The molecule has 0 spiro atoms. The van der Waals surface area contributed by atoms with Crippen LogP contribution in [-0.4, -0.2) is 50.1 Å². The molecule has 1 rings (SSSR count). The Bertz CT molecular complexity index is 597. The number of aliphatic carboxylic acids is 1. The van der Waals surface area contributed by atoms with Crippen molar-refractivity contribution in [1.82, 2.24) is 5.32 Å². The quantitative estimate of drug-likeness (QED) is 0.773. The number of benzene rings is 1. The highest BCUT2D eigenvalue weighted by atomic mass is 16.6. The summed E-state index contributed by atoms with van der Waals surface area (Å²) in [6.45, 7) is 5.08. The number of hydrogen-bond acceptors (Lipinski definition) is 6. The highest BCUT2D eigenvalue weighted by Gasteiger charge is 2.27. The van der Waals surface area contributed by atoms with E-state index in [2.05, 4.69) is 5.32 Å². The highest BCUT2D eigenvalue weighted by Crippen LogP contribution is 2.35. The van der Waals surface area contributed by atoms with Gasteiger partial charge in [-0.1, -0.05) is 0 Å². The molecular weight excluding hydrogens is 330 g/mol. The van der Waals surface area contributed by atoms with Crippen molar-refractivity contribution in [3.05, 3.63) is 17.7 Å². The van der Waals surface area contributed by atoms with Crippen LogP contribution in [0.1, 0.15) is 26.3 Å². The largest absolute Gasteiger partial charge is 0.496 e. The van der Waals surface area contributed by atoms with Gasteiger partial charge in [0.05, 0.1) is 21.3 Å². The number of carboxylic acids is 1. The maximum atomic E-state index is 11.9. The third kappa shape index (κ3) is 6.06. The number of alkyl carbamates (subject to hydrolysis) is 1. The molecule has 1 aromatic carbocycles. The van der Waals surface area contributed by atoms with Crippen molar-refractivity contribution in [3.63, 3.8) is 0 Å². The molecule has 1 aromatic rings. The Morgan fingerprint density at radius 3 is 1.96 bits per heavy atom. The van der Waals surface area contributed by atoms with Crippen LogP contribution in [0.15, 0.2) is 12.1 Å². The van der Waals surface area contributed by atoms with Gasteiger partial charge < -0.3 is 29.4 Å².